The summed E-state index contributed by atoms with van der Waals surface area (Å²) in [6, 6.07) is 0. The highest BCUT2D eigenvalue weighted by Crippen LogP contribution is 2.37. The van der Waals surface area contributed by atoms with Gasteiger partial charge in [0.25, 0.3) is 0 Å². The molecule has 0 aromatic heterocycles. The van der Waals surface area contributed by atoms with Crippen LogP contribution in [0.5, 0.6) is 0 Å². The third kappa shape index (κ3) is 2.84. The molecule has 0 saturated heterocycles. The van der Waals surface area contributed by atoms with Crippen LogP contribution in [0, 0.1) is 17.8 Å². The van der Waals surface area contributed by atoms with E-state index in [1.165, 1.54) is 24.8 Å². The molecule has 1 fully saturated rings. The Balaban J connectivity index is 2.66. The fourth-order valence-electron chi connectivity index (χ4n) is 2.42. The summed E-state index contributed by atoms with van der Waals surface area (Å²) in [4.78, 5) is 0. The predicted molar refractivity (Wildman–Crippen MR) is 56.5 cm³/mol. The van der Waals surface area contributed by atoms with Crippen molar-refractivity contribution in [3.63, 3.8) is 0 Å². The average Bonchev–Trinajstić information content (AvgIpc) is 2.04. The number of hydrogen-bond acceptors (Lipinski definition) is 1. The molecule has 13 heavy (non-hydrogen) atoms. The Bertz CT molecular complexity index is 182. The van der Waals surface area contributed by atoms with Crippen LogP contribution in [0.3, 0.4) is 0 Å². The number of aliphatic hydroxyl groups excluding tert-OH is 1. The normalized spacial score (nSPS) is 32.8. The lowest BCUT2D eigenvalue weighted by Crippen LogP contribution is -2.20. The van der Waals surface area contributed by atoms with Gasteiger partial charge < -0.3 is 5.11 Å². The van der Waals surface area contributed by atoms with Gasteiger partial charge in [-0.15, -0.1) is 0 Å². The first-order valence-corrected chi connectivity index (χ1v) is 5.45. The van der Waals surface area contributed by atoms with Gasteiger partial charge in [-0.2, -0.15) is 0 Å². The molecule has 0 bridgehead atoms. The van der Waals surface area contributed by atoms with Crippen LogP contribution in [0.2, 0.25) is 0 Å². The van der Waals surface area contributed by atoms with Crippen LogP contribution in [0.25, 0.3) is 0 Å². The molecule has 1 rings (SSSR count). The minimum absolute atomic E-state index is 0.214. The Morgan fingerprint density at radius 2 is 2.15 bits per heavy atom. The molecule has 0 spiro atoms. The lowest BCUT2D eigenvalue weighted by atomic mass is 9.74. The van der Waals surface area contributed by atoms with Crippen molar-refractivity contribution in [2.45, 2.75) is 40.0 Å². The molecule has 2 atom stereocenters. The summed E-state index contributed by atoms with van der Waals surface area (Å²) in [5, 5.41) is 8.93. The SMILES string of the molecule is CC1CCC(C(C)C)/C(=C\CO)C1. The Morgan fingerprint density at radius 3 is 2.69 bits per heavy atom. The molecule has 0 aliphatic heterocycles. The molecular weight excluding hydrogens is 160 g/mol. The molecule has 0 radical (unpaired) electrons. The summed E-state index contributed by atoms with van der Waals surface area (Å²) in [5.74, 6) is 2.27. The van der Waals surface area contributed by atoms with Gasteiger partial charge in [-0.05, 0) is 37.0 Å². The molecule has 2 unspecified atom stereocenters. The highest BCUT2D eigenvalue weighted by Gasteiger charge is 2.24. The molecule has 76 valence electrons. The van der Waals surface area contributed by atoms with Crippen molar-refractivity contribution >= 4 is 0 Å². The first-order valence-electron chi connectivity index (χ1n) is 5.45. The Labute approximate surface area is 81.9 Å². The van der Waals surface area contributed by atoms with Gasteiger partial charge in [-0.25, -0.2) is 0 Å². The maximum absolute atomic E-state index is 8.93. The maximum Gasteiger partial charge on any atom is 0.0615 e. The monoisotopic (exact) mass is 182 g/mol. The lowest BCUT2D eigenvalue weighted by molar-refractivity contribution is 0.296. The molecule has 1 aliphatic carbocycles. The third-order valence-corrected chi connectivity index (χ3v) is 3.19. The van der Waals surface area contributed by atoms with Crippen LogP contribution in [-0.4, -0.2) is 11.7 Å². The van der Waals surface area contributed by atoms with Crippen LogP contribution in [0.15, 0.2) is 11.6 Å². The first kappa shape index (κ1) is 10.8. The zero-order valence-corrected chi connectivity index (χ0v) is 9.09. The molecule has 1 aliphatic rings. The largest absolute Gasteiger partial charge is 0.392 e. The first-order chi connectivity index (χ1) is 6.15. The fraction of sp³-hybridized carbons (Fsp3) is 0.833. The minimum Gasteiger partial charge on any atom is -0.392 e. The van der Waals surface area contributed by atoms with Gasteiger partial charge in [-0.3, -0.25) is 0 Å². The molecule has 1 saturated carbocycles. The van der Waals surface area contributed by atoms with Crippen molar-refractivity contribution in [2.24, 2.45) is 17.8 Å². The summed E-state index contributed by atoms with van der Waals surface area (Å²) in [7, 11) is 0. The van der Waals surface area contributed by atoms with Crippen molar-refractivity contribution in [3.05, 3.63) is 11.6 Å². The molecule has 1 nitrogen and oxygen atoms in total. The number of aliphatic hydroxyl groups is 1. The van der Waals surface area contributed by atoms with Gasteiger partial charge in [0.15, 0.2) is 0 Å². The molecule has 1 N–H and O–H groups in total. The molecule has 0 aromatic carbocycles. The van der Waals surface area contributed by atoms with Gasteiger partial charge in [-0.1, -0.05) is 32.4 Å². The van der Waals surface area contributed by atoms with Crippen molar-refractivity contribution in [2.75, 3.05) is 6.61 Å². The van der Waals surface area contributed by atoms with E-state index in [0.717, 1.165) is 17.8 Å². The third-order valence-electron chi connectivity index (χ3n) is 3.19. The number of hydrogen-bond donors (Lipinski definition) is 1. The molecule has 0 heterocycles. The molecular formula is C12H22O. The topological polar surface area (TPSA) is 20.2 Å². The second kappa shape index (κ2) is 4.80. The maximum atomic E-state index is 8.93. The zero-order chi connectivity index (χ0) is 9.84. The minimum atomic E-state index is 0.214. The van der Waals surface area contributed by atoms with E-state index in [1.54, 1.807) is 0 Å². The standard InChI is InChI=1S/C12H22O/c1-9(2)12-5-4-10(3)8-11(12)6-7-13/h6,9-10,12-13H,4-5,7-8H2,1-3H3/b11-6-. The van der Waals surface area contributed by atoms with Gasteiger partial charge in [0.05, 0.1) is 6.61 Å². The van der Waals surface area contributed by atoms with Crippen LogP contribution in [-0.2, 0) is 0 Å². The quantitative estimate of drug-likeness (QED) is 0.651. The predicted octanol–water partition coefficient (Wildman–Crippen LogP) is 3.00. The molecule has 0 amide bonds. The van der Waals surface area contributed by atoms with E-state index in [4.69, 9.17) is 5.11 Å². The summed E-state index contributed by atoms with van der Waals surface area (Å²) in [6.07, 6.45) is 5.89. The van der Waals surface area contributed by atoms with E-state index < -0.39 is 0 Å². The second-order valence-electron chi connectivity index (χ2n) is 4.70. The van der Waals surface area contributed by atoms with Gasteiger partial charge in [0.2, 0.25) is 0 Å². The highest BCUT2D eigenvalue weighted by atomic mass is 16.2. The van der Waals surface area contributed by atoms with Gasteiger partial charge >= 0.3 is 0 Å². The zero-order valence-electron chi connectivity index (χ0n) is 9.09. The van der Waals surface area contributed by atoms with Crippen molar-refractivity contribution in [1.82, 2.24) is 0 Å². The Morgan fingerprint density at radius 1 is 1.46 bits per heavy atom. The Kier molecular flexibility index (Phi) is 3.98. The van der Waals surface area contributed by atoms with Crippen molar-refractivity contribution < 1.29 is 5.11 Å². The van der Waals surface area contributed by atoms with E-state index in [1.807, 2.05) is 6.08 Å². The van der Waals surface area contributed by atoms with E-state index >= 15 is 0 Å². The smallest absolute Gasteiger partial charge is 0.0615 e. The van der Waals surface area contributed by atoms with Crippen LogP contribution < -0.4 is 0 Å². The van der Waals surface area contributed by atoms with Crippen molar-refractivity contribution in [1.29, 1.82) is 0 Å². The van der Waals surface area contributed by atoms with E-state index in [0.29, 0.717) is 0 Å². The molecule has 1 heteroatoms. The van der Waals surface area contributed by atoms with E-state index in [-0.39, 0.29) is 6.61 Å². The average molecular weight is 182 g/mol. The highest BCUT2D eigenvalue weighted by molar-refractivity contribution is 5.11. The second-order valence-corrected chi connectivity index (χ2v) is 4.70. The van der Waals surface area contributed by atoms with Crippen LogP contribution in [0.4, 0.5) is 0 Å². The molecule has 0 aromatic rings. The number of allylic oxidation sites excluding steroid dienone is 1. The Hall–Kier alpha value is -0.300. The summed E-state index contributed by atoms with van der Waals surface area (Å²) in [5.41, 5.74) is 1.50. The summed E-state index contributed by atoms with van der Waals surface area (Å²) in [6.45, 7) is 7.09. The van der Waals surface area contributed by atoms with Crippen molar-refractivity contribution in [3.8, 4) is 0 Å². The number of rotatable bonds is 2. The lowest BCUT2D eigenvalue weighted by Gasteiger charge is -2.32. The van der Waals surface area contributed by atoms with Crippen LogP contribution >= 0.6 is 0 Å². The fourth-order valence-corrected chi connectivity index (χ4v) is 2.42. The summed E-state index contributed by atoms with van der Waals surface area (Å²) >= 11 is 0. The van der Waals surface area contributed by atoms with Gasteiger partial charge in [0, 0.05) is 0 Å². The van der Waals surface area contributed by atoms with E-state index in [9.17, 15) is 0 Å². The van der Waals surface area contributed by atoms with Gasteiger partial charge in [0.1, 0.15) is 0 Å². The van der Waals surface area contributed by atoms with Crippen LogP contribution in [0.1, 0.15) is 40.0 Å². The van der Waals surface area contributed by atoms with E-state index in [2.05, 4.69) is 20.8 Å². The summed E-state index contributed by atoms with van der Waals surface area (Å²) < 4.78 is 0.